The number of para-hydroxylation sites is 3. The highest BCUT2D eigenvalue weighted by atomic mass is 79.9. The number of rotatable bonds is 14. The molecular weight excluding hydrogens is 1330 g/mol. The summed E-state index contributed by atoms with van der Waals surface area (Å²) in [6, 6.07) is 32.9. The number of likely N-dealkylation sites (tertiary alicyclic amines) is 2. The van der Waals surface area contributed by atoms with E-state index in [1.54, 1.807) is 84.9 Å². The lowest BCUT2D eigenvalue weighted by Crippen LogP contribution is -2.43. The minimum absolute atomic E-state index is 0. The molecule has 4 aliphatic rings. The van der Waals surface area contributed by atoms with Crippen LogP contribution < -0.4 is 5.46 Å². The summed E-state index contributed by atoms with van der Waals surface area (Å²) in [5, 5.41) is 9.83. The zero-order valence-corrected chi connectivity index (χ0v) is 55.7. The van der Waals surface area contributed by atoms with Crippen LogP contribution in [0.3, 0.4) is 0 Å². The highest BCUT2D eigenvalue weighted by molar-refractivity contribution is 9.10. The molecule has 490 valence electrons. The summed E-state index contributed by atoms with van der Waals surface area (Å²) in [6.45, 7) is 9.24. The average molecular weight is 1400 g/mol. The first-order valence-corrected chi connectivity index (χ1v) is 31.8. The standard InChI is InChI=1S/C30H25F2N5O3.C29H32BF2N3O5.C8H6BrN.CH4.S2.H2S/c1-17(38)29-22-7-2-3-11-24(22)37(35-29)15-27(40)36-14-19(31)13-25(36)26(39)12-18-6-4-8-20(28(18)32)21-9-5-10-23-30(21)34-16-33-23;1-17(36)27-20-10-6-7-12-22(20)35(33-27)16-25(38)34-15-19(31)14-23(34)24(37)13-18-9-8-11-21(26(18)32)30-39-28(2,3)29(4,5)40-30;9-7-2-1-3-8-6(7)4-5-10-8;;1-2;/h2-11,16,19,25H,12-15H2,1H3,(H,33,34);6-12,19,23H,13-16H2,1-5H3;1-3,5H,4H2;1H4;;1H2/t19-,25+;19-,23+;;;;/m11..../s1. The minimum atomic E-state index is -1.39. The number of Topliss-reactive ketones (excluding diaryl/α,β-unsaturated/α-hetero) is 4. The molecule has 2 amide bonds. The van der Waals surface area contributed by atoms with Gasteiger partial charge in [-0.2, -0.15) is 23.7 Å². The van der Waals surface area contributed by atoms with Gasteiger partial charge in [-0.15, -0.1) is 0 Å². The molecule has 3 saturated heterocycles. The van der Waals surface area contributed by atoms with Gasteiger partial charge in [-0.1, -0.05) is 114 Å². The lowest BCUT2D eigenvalue weighted by Gasteiger charge is -2.32. The largest absolute Gasteiger partial charge is 0.497 e. The number of aliphatic imine (C=N–C) groups is 1. The number of nitrogens with one attached hydrogen (secondary N) is 1. The number of alkyl halides is 2. The molecule has 0 aliphatic carbocycles. The third kappa shape index (κ3) is 14.9. The Morgan fingerprint density at radius 3 is 1.65 bits per heavy atom. The third-order valence-electron chi connectivity index (χ3n) is 17.2. The van der Waals surface area contributed by atoms with Crippen LogP contribution in [0.25, 0.3) is 44.0 Å². The van der Waals surface area contributed by atoms with Gasteiger partial charge in [-0.25, -0.2) is 22.5 Å². The Balaban J connectivity index is 0.000000201. The first-order chi connectivity index (χ1) is 44.0. The second-order valence-corrected chi connectivity index (χ2v) is 24.6. The molecule has 7 heterocycles. The number of carbonyl (C=O) groups excluding carboxylic acids is 6. The number of benzene rings is 6. The SMILES string of the molecule is Brc1cccc2c1CC=N2.C.CC(=O)c1nn(CC(=O)N2C[C@H](F)C[C@H]2C(=O)Cc2cccc(-c3cccc4[nH]cnc34)c2F)c2ccccc12.CC(=O)c1nn(CC(=O)N2C[C@H](F)C[C@H]2C(=O)Cc2cccc(B3OC(C)(C)C(C)(C)O3)c2F)c2ccccc12.S.S=S. The van der Waals surface area contributed by atoms with E-state index in [2.05, 4.69) is 63.5 Å². The summed E-state index contributed by atoms with van der Waals surface area (Å²) in [4.78, 5) is 91.5. The van der Waals surface area contributed by atoms with Crippen molar-refractivity contribution < 1.29 is 55.6 Å². The van der Waals surface area contributed by atoms with Crippen LogP contribution >= 0.6 is 29.4 Å². The summed E-state index contributed by atoms with van der Waals surface area (Å²) in [5.74, 6) is -3.58. The van der Waals surface area contributed by atoms with Crippen molar-refractivity contribution in [3.63, 3.8) is 0 Å². The van der Waals surface area contributed by atoms with Crippen molar-refractivity contribution in [1.82, 2.24) is 39.3 Å². The molecular formula is C68H69BBrF4N9O8S3. The van der Waals surface area contributed by atoms with Gasteiger partial charge in [0.05, 0.1) is 70.5 Å². The van der Waals surface area contributed by atoms with E-state index < -0.39 is 77.8 Å². The smallest absolute Gasteiger partial charge is 0.399 e. The molecule has 6 aromatic carbocycles. The predicted octanol–water partition coefficient (Wildman–Crippen LogP) is 11.6. The molecule has 3 aromatic heterocycles. The lowest BCUT2D eigenvalue weighted by atomic mass is 9.77. The monoisotopic (exact) mass is 1400 g/mol. The minimum Gasteiger partial charge on any atom is -0.399 e. The van der Waals surface area contributed by atoms with Gasteiger partial charge in [0.25, 0.3) is 0 Å². The first kappa shape index (κ1) is 71.8. The van der Waals surface area contributed by atoms with Crippen LogP contribution in [-0.2, 0) is 83.2 Å². The zero-order valence-electron chi connectivity index (χ0n) is 51.5. The number of H-pyrrole nitrogens is 1. The summed E-state index contributed by atoms with van der Waals surface area (Å²) in [7, 11) is -0.941. The number of hydrogen-bond acceptors (Lipinski definition) is 14. The van der Waals surface area contributed by atoms with E-state index >= 15 is 8.78 Å². The van der Waals surface area contributed by atoms with Gasteiger partial charge in [0.1, 0.15) is 48.5 Å². The molecule has 0 radical (unpaired) electrons. The molecule has 0 saturated carbocycles. The van der Waals surface area contributed by atoms with Gasteiger partial charge < -0.3 is 24.1 Å². The maximum Gasteiger partial charge on any atom is 0.497 e. The molecule has 0 bridgehead atoms. The van der Waals surface area contributed by atoms with E-state index in [-0.39, 0.29) is 112 Å². The Kier molecular flexibility index (Phi) is 23.1. The van der Waals surface area contributed by atoms with Crippen LogP contribution in [0.2, 0.25) is 0 Å². The topological polar surface area (TPSA) is 204 Å². The van der Waals surface area contributed by atoms with Crippen LogP contribution in [-0.4, -0.2) is 136 Å². The van der Waals surface area contributed by atoms with Gasteiger partial charge in [-0.05, 0) is 74.7 Å². The summed E-state index contributed by atoms with van der Waals surface area (Å²) in [5.41, 5.74) is 5.45. The normalized spacial score (nSPS) is 18.1. The molecule has 0 unspecified atom stereocenters. The zero-order chi connectivity index (χ0) is 65.9. The van der Waals surface area contributed by atoms with Crippen LogP contribution in [0, 0.1) is 11.6 Å². The lowest BCUT2D eigenvalue weighted by molar-refractivity contribution is -0.138. The number of aromatic nitrogens is 6. The van der Waals surface area contributed by atoms with Crippen molar-refractivity contribution in [2.75, 3.05) is 13.1 Å². The van der Waals surface area contributed by atoms with Crippen LogP contribution in [0.15, 0.2) is 137 Å². The number of nitrogens with zero attached hydrogens (tertiary/aromatic N) is 8. The maximum atomic E-state index is 15.7. The predicted molar refractivity (Wildman–Crippen MR) is 368 cm³/mol. The Morgan fingerprint density at radius 2 is 1.13 bits per heavy atom. The molecule has 1 N–H and O–H groups in total. The van der Waals surface area contributed by atoms with Crippen molar-refractivity contribution in [2.45, 2.75) is 130 Å². The van der Waals surface area contributed by atoms with Crippen molar-refractivity contribution in [3.8, 4) is 11.1 Å². The van der Waals surface area contributed by atoms with Crippen molar-refractivity contribution in [3.05, 3.63) is 172 Å². The van der Waals surface area contributed by atoms with Crippen LogP contribution in [0.1, 0.15) is 99.5 Å². The second kappa shape index (κ2) is 30.2. The Hall–Kier alpha value is -8.01. The van der Waals surface area contributed by atoms with E-state index in [4.69, 9.17) is 9.31 Å². The highest BCUT2D eigenvalue weighted by Crippen LogP contribution is 2.38. The van der Waals surface area contributed by atoms with Crippen molar-refractivity contribution in [2.24, 2.45) is 4.99 Å². The Bertz CT molecular complexity index is 4380. The van der Waals surface area contributed by atoms with Crippen LogP contribution in [0.5, 0.6) is 0 Å². The number of aromatic amines is 1. The molecule has 17 nitrogen and oxygen atoms in total. The number of ketones is 4. The second-order valence-electron chi connectivity index (χ2n) is 23.8. The number of imidazole rings is 1. The molecule has 13 rings (SSSR count). The quantitative estimate of drug-likeness (QED) is 0.0612. The Labute approximate surface area is 566 Å². The molecule has 4 aliphatic heterocycles. The number of hydrogen-bond donors (Lipinski definition) is 1. The number of fused-ring (bicyclic) bond motifs is 4. The number of halogens is 5. The molecule has 4 atom stereocenters. The van der Waals surface area contributed by atoms with Gasteiger partial charge in [0.15, 0.2) is 23.1 Å². The molecule has 0 spiro atoms. The van der Waals surface area contributed by atoms with E-state index in [1.807, 2.05) is 58.2 Å². The molecule has 9 aromatic rings. The molecule has 3 fully saturated rings. The number of carbonyl (C=O) groups is 6. The number of amides is 2. The summed E-state index contributed by atoms with van der Waals surface area (Å²) >= 11 is 10.8. The van der Waals surface area contributed by atoms with Gasteiger partial charge in [-0.3, -0.25) is 43.1 Å². The van der Waals surface area contributed by atoms with E-state index in [1.165, 1.54) is 61.5 Å². The van der Waals surface area contributed by atoms with Crippen LogP contribution in [0.4, 0.5) is 23.2 Å². The fourth-order valence-electron chi connectivity index (χ4n) is 11.9. The Morgan fingerprint density at radius 1 is 0.649 bits per heavy atom. The van der Waals surface area contributed by atoms with Gasteiger partial charge in [0, 0.05) is 106 Å². The maximum absolute atomic E-state index is 15.7. The molecule has 26 heteroatoms. The first-order valence-electron chi connectivity index (χ1n) is 29.6. The molecule has 94 heavy (non-hydrogen) atoms. The van der Waals surface area contributed by atoms with Gasteiger partial charge in [0.2, 0.25) is 11.8 Å². The summed E-state index contributed by atoms with van der Waals surface area (Å²) in [6.07, 6.45) is 0.737. The fraction of sp³-hybridized carbons (Fsp3) is 0.324. The van der Waals surface area contributed by atoms with Gasteiger partial charge >= 0.3 is 7.12 Å². The van der Waals surface area contributed by atoms with Crippen molar-refractivity contribution >= 4 is 144 Å². The third-order valence-corrected chi connectivity index (χ3v) is 18.0. The van der Waals surface area contributed by atoms with E-state index in [9.17, 15) is 37.5 Å². The highest BCUT2D eigenvalue weighted by Gasteiger charge is 2.53. The summed E-state index contributed by atoms with van der Waals surface area (Å²) < 4.78 is 76.4. The van der Waals surface area contributed by atoms with E-state index in [0.29, 0.717) is 38.4 Å². The average Bonchev–Trinajstić information content (AvgIpc) is 1.59. The fourth-order valence-corrected chi connectivity index (χ4v) is 12.4. The van der Waals surface area contributed by atoms with E-state index in [0.717, 1.165) is 17.6 Å². The van der Waals surface area contributed by atoms with Crippen molar-refractivity contribution in [1.29, 1.82) is 0 Å².